The molecule has 0 amide bonds. The summed E-state index contributed by atoms with van der Waals surface area (Å²) in [7, 11) is 0. The largest absolute Gasteiger partial charge is 0.484 e. The Morgan fingerprint density at radius 3 is 2.17 bits per heavy atom. The number of hydrogen-bond acceptors (Lipinski definition) is 2. The second-order valence-corrected chi connectivity index (χ2v) is 7.56. The Balaban J connectivity index is 1.83. The van der Waals surface area contributed by atoms with Crippen LogP contribution in [0.25, 0.3) is 11.3 Å². The average molecular weight is 399 g/mol. The number of aryl methyl sites for hydroxylation is 1. The molecule has 1 unspecified atom stereocenters. The zero-order valence-corrected chi connectivity index (χ0v) is 16.7. The van der Waals surface area contributed by atoms with Crippen molar-refractivity contribution < 1.29 is 17.9 Å². The van der Waals surface area contributed by atoms with Crippen LogP contribution in [-0.4, -0.2) is 4.98 Å². The van der Waals surface area contributed by atoms with Crippen LogP contribution in [0.1, 0.15) is 43.1 Å². The highest BCUT2D eigenvalue weighted by atomic mass is 19.4. The van der Waals surface area contributed by atoms with Crippen molar-refractivity contribution in [1.82, 2.24) is 4.98 Å². The third kappa shape index (κ3) is 5.37. The Morgan fingerprint density at radius 2 is 1.62 bits per heavy atom. The van der Waals surface area contributed by atoms with Crippen LogP contribution in [0.5, 0.6) is 5.75 Å². The van der Waals surface area contributed by atoms with E-state index in [1.807, 2.05) is 43.3 Å². The van der Waals surface area contributed by atoms with Crippen LogP contribution in [0.4, 0.5) is 13.2 Å². The van der Waals surface area contributed by atoms with E-state index in [1.165, 1.54) is 12.1 Å². The van der Waals surface area contributed by atoms with Gasteiger partial charge in [0.1, 0.15) is 11.9 Å². The molecule has 1 atom stereocenters. The van der Waals surface area contributed by atoms with Gasteiger partial charge in [-0.15, -0.1) is 0 Å². The lowest BCUT2D eigenvalue weighted by molar-refractivity contribution is -0.137. The maximum Gasteiger partial charge on any atom is 0.416 e. The van der Waals surface area contributed by atoms with Gasteiger partial charge >= 0.3 is 6.18 Å². The van der Waals surface area contributed by atoms with Crippen molar-refractivity contribution in [1.29, 1.82) is 0 Å². The number of halogens is 3. The molecule has 0 aliphatic carbocycles. The molecule has 0 N–H and O–H groups in total. The van der Waals surface area contributed by atoms with Gasteiger partial charge in [0.25, 0.3) is 0 Å². The Bertz CT molecular complexity index is 935. The molecule has 152 valence electrons. The van der Waals surface area contributed by atoms with Gasteiger partial charge in [0.2, 0.25) is 0 Å². The normalized spacial score (nSPS) is 12.8. The van der Waals surface area contributed by atoms with Crippen molar-refractivity contribution in [2.45, 2.75) is 39.5 Å². The van der Waals surface area contributed by atoms with Crippen molar-refractivity contribution in [3.63, 3.8) is 0 Å². The highest BCUT2D eigenvalue weighted by Gasteiger charge is 2.30. The Labute approximate surface area is 169 Å². The van der Waals surface area contributed by atoms with Crippen molar-refractivity contribution >= 4 is 0 Å². The third-order valence-electron chi connectivity index (χ3n) is 4.67. The second-order valence-electron chi connectivity index (χ2n) is 7.56. The zero-order valence-electron chi connectivity index (χ0n) is 16.7. The van der Waals surface area contributed by atoms with E-state index in [9.17, 15) is 13.2 Å². The van der Waals surface area contributed by atoms with E-state index in [2.05, 4.69) is 18.8 Å². The summed E-state index contributed by atoms with van der Waals surface area (Å²) in [5.41, 5.74) is 2.57. The predicted molar refractivity (Wildman–Crippen MR) is 109 cm³/mol. The molecule has 1 aromatic heterocycles. The van der Waals surface area contributed by atoms with Gasteiger partial charge < -0.3 is 4.74 Å². The number of pyridine rings is 1. The van der Waals surface area contributed by atoms with E-state index in [0.29, 0.717) is 22.9 Å². The van der Waals surface area contributed by atoms with E-state index in [0.717, 1.165) is 29.7 Å². The summed E-state index contributed by atoms with van der Waals surface area (Å²) in [5, 5.41) is 0. The summed E-state index contributed by atoms with van der Waals surface area (Å²) >= 11 is 0. The standard InChI is InChI=1S/C24H24F3NO/c1-16(2)13-22(18-7-5-4-6-8-18)29-21-14-17(3)23(28-15-21)19-9-11-20(12-10-19)24(25,26)27/h4-12,14-16,22H,13H2,1-3H3. The number of nitrogens with zero attached hydrogens (tertiary/aromatic N) is 1. The molecule has 0 saturated carbocycles. The number of hydrogen-bond donors (Lipinski definition) is 0. The molecule has 0 fully saturated rings. The number of rotatable bonds is 6. The van der Waals surface area contributed by atoms with Crippen molar-refractivity contribution in [2.24, 2.45) is 5.92 Å². The molecule has 0 bridgehead atoms. The lowest BCUT2D eigenvalue weighted by atomic mass is 9.99. The van der Waals surface area contributed by atoms with E-state index in [4.69, 9.17) is 4.74 Å². The molecular formula is C24H24F3NO. The van der Waals surface area contributed by atoms with Crippen molar-refractivity contribution in [3.8, 4) is 17.0 Å². The van der Waals surface area contributed by atoms with Crippen LogP contribution in [0.3, 0.4) is 0 Å². The summed E-state index contributed by atoms with van der Waals surface area (Å²) in [6, 6.07) is 17.0. The number of ether oxygens (including phenoxy) is 1. The molecule has 5 heteroatoms. The first-order valence-corrected chi connectivity index (χ1v) is 9.60. The Kier molecular flexibility index (Phi) is 6.26. The first-order valence-electron chi connectivity index (χ1n) is 9.60. The van der Waals surface area contributed by atoms with E-state index in [1.54, 1.807) is 6.20 Å². The van der Waals surface area contributed by atoms with Gasteiger partial charge in [-0.3, -0.25) is 4.98 Å². The van der Waals surface area contributed by atoms with Gasteiger partial charge in [-0.2, -0.15) is 13.2 Å². The third-order valence-corrected chi connectivity index (χ3v) is 4.67. The SMILES string of the molecule is Cc1cc(OC(CC(C)C)c2ccccc2)cnc1-c1ccc(C(F)(F)F)cc1. The van der Waals surface area contributed by atoms with Crippen molar-refractivity contribution in [2.75, 3.05) is 0 Å². The molecular weight excluding hydrogens is 375 g/mol. The summed E-state index contributed by atoms with van der Waals surface area (Å²) in [4.78, 5) is 4.46. The summed E-state index contributed by atoms with van der Waals surface area (Å²) in [6.07, 6.45) is -1.93. The van der Waals surface area contributed by atoms with E-state index in [-0.39, 0.29) is 6.10 Å². The number of aromatic nitrogens is 1. The fraction of sp³-hybridized carbons (Fsp3) is 0.292. The fourth-order valence-electron chi connectivity index (χ4n) is 3.25. The van der Waals surface area contributed by atoms with Crippen LogP contribution < -0.4 is 4.74 Å². The maximum atomic E-state index is 12.8. The molecule has 0 spiro atoms. The van der Waals surface area contributed by atoms with Gasteiger partial charge in [0, 0.05) is 5.56 Å². The Hall–Kier alpha value is -2.82. The van der Waals surface area contributed by atoms with E-state index < -0.39 is 11.7 Å². The lowest BCUT2D eigenvalue weighted by Gasteiger charge is -2.22. The first kappa shape index (κ1) is 20.9. The molecule has 2 nitrogen and oxygen atoms in total. The minimum absolute atomic E-state index is 0.0886. The quantitative estimate of drug-likeness (QED) is 0.436. The van der Waals surface area contributed by atoms with Gasteiger partial charge in [0.05, 0.1) is 17.5 Å². The highest BCUT2D eigenvalue weighted by Crippen LogP contribution is 2.33. The average Bonchev–Trinajstić information content (AvgIpc) is 2.67. The van der Waals surface area contributed by atoms with Crippen LogP contribution in [-0.2, 0) is 6.18 Å². The molecule has 0 aliphatic rings. The molecule has 1 heterocycles. The van der Waals surface area contributed by atoms with Gasteiger partial charge in [-0.05, 0) is 48.6 Å². The molecule has 3 aromatic rings. The molecule has 0 aliphatic heterocycles. The smallest absolute Gasteiger partial charge is 0.416 e. The summed E-state index contributed by atoms with van der Waals surface area (Å²) < 4.78 is 44.6. The second kappa shape index (κ2) is 8.68. The van der Waals surface area contributed by atoms with Gasteiger partial charge in [0.15, 0.2) is 0 Å². The Morgan fingerprint density at radius 1 is 0.966 bits per heavy atom. The summed E-state index contributed by atoms with van der Waals surface area (Å²) in [5.74, 6) is 1.10. The zero-order chi connectivity index (χ0) is 21.0. The lowest BCUT2D eigenvalue weighted by Crippen LogP contribution is -2.11. The molecule has 2 aromatic carbocycles. The minimum atomic E-state index is -4.35. The van der Waals surface area contributed by atoms with Crippen LogP contribution in [0, 0.1) is 12.8 Å². The van der Waals surface area contributed by atoms with Gasteiger partial charge in [-0.25, -0.2) is 0 Å². The topological polar surface area (TPSA) is 22.1 Å². The number of alkyl halides is 3. The predicted octanol–water partition coefficient (Wildman–Crippen LogP) is 7.24. The first-order chi connectivity index (χ1) is 13.7. The molecule has 0 radical (unpaired) electrons. The van der Waals surface area contributed by atoms with Crippen LogP contribution in [0.15, 0.2) is 66.9 Å². The monoisotopic (exact) mass is 399 g/mol. The molecule has 0 saturated heterocycles. The molecule has 3 rings (SSSR count). The number of benzene rings is 2. The maximum absolute atomic E-state index is 12.8. The van der Waals surface area contributed by atoms with Gasteiger partial charge in [-0.1, -0.05) is 56.3 Å². The van der Waals surface area contributed by atoms with E-state index >= 15 is 0 Å². The highest BCUT2D eigenvalue weighted by molar-refractivity contribution is 5.63. The van der Waals surface area contributed by atoms with Crippen LogP contribution in [0.2, 0.25) is 0 Å². The summed E-state index contributed by atoms with van der Waals surface area (Å²) in [6.45, 7) is 6.18. The minimum Gasteiger partial charge on any atom is -0.484 e. The fourth-order valence-corrected chi connectivity index (χ4v) is 3.25. The van der Waals surface area contributed by atoms with Crippen LogP contribution >= 0.6 is 0 Å². The van der Waals surface area contributed by atoms with Crippen molar-refractivity contribution in [3.05, 3.63) is 83.6 Å². The molecule has 29 heavy (non-hydrogen) atoms.